The van der Waals surface area contributed by atoms with E-state index in [1.165, 1.54) is 11.4 Å². The molecule has 0 radical (unpaired) electrons. The number of carbonyl (C=O) groups excluding carboxylic acids is 1. The van der Waals surface area contributed by atoms with E-state index < -0.39 is 0 Å². The third kappa shape index (κ3) is 9.03. The van der Waals surface area contributed by atoms with E-state index in [9.17, 15) is 4.79 Å². The zero-order valence-corrected chi connectivity index (χ0v) is 24.6. The van der Waals surface area contributed by atoms with Crippen LogP contribution >= 0.6 is 11.6 Å². The standard InChI is InChI=1S/C32H41ClN4O2/c1-6-8-9-27(33)22-24(3)35-31(7-2)25(4)32(38)34-23-26-10-12-28(13-11-26)36-18-20-37(21-19-36)29-14-16-30(39-5)17-15-29/h8-17,22H,6-7,18-21,23H2,1-5H3,(H,34,38)/b9-8-,27-22+,31-25+,35-24+. The van der Waals surface area contributed by atoms with Crippen LogP contribution in [-0.4, -0.2) is 44.9 Å². The monoisotopic (exact) mass is 548 g/mol. The van der Waals surface area contributed by atoms with Gasteiger partial charge in [0.1, 0.15) is 5.75 Å². The van der Waals surface area contributed by atoms with Crippen molar-refractivity contribution in [2.75, 3.05) is 43.1 Å². The molecule has 1 fully saturated rings. The maximum Gasteiger partial charge on any atom is 0.249 e. The van der Waals surface area contributed by atoms with E-state index in [1.807, 2.05) is 51.1 Å². The van der Waals surface area contributed by atoms with E-state index >= 15 is 0 Å². The number of nitrogens with one attached hydrogen (secondary N) is 1. The maximum absolute atomic E-state index is 12.8. The number of allylic oxidation sites excluding steroid dienone is 5. The highest BCUT2D eigenvalue weighted by atomic mass is 35.5. The van der Waals surface area contributed by atoms with Gasteiger partial charge in [-0.1, -0.05) is 43.7 Å². The summed E-state index contributed by atoms with van der Waals surface area (Å²) in [6.07, 6.45) is 7.26. The Kier molecular flexibility index (Phi) is 11.7. The highest BCUT2D eigenvalue weighted by molar-refractivity contribution is 6.32. The van der Waals surface area contributed by atoms with Crippen molar-refractivity contribution >= 4 is 34.6 Å². The molecule has 0 unspecified atom stereocenters. The Morgan fingerprint density at radius 1 is 0.974 bits per heavy atom. The highest BCUT2D eigenvalue weighted by Gasteiger charge is 2.18. The number of anilines is 2. The highest BCUT2D eigenvalue weighted by Crippen LogP contribution is 2.23. The van der Waals surface area contributed by atoms with Crippen molar-refractivity contribution in [2.24, 2.45) is 4.99 Å². The lowest BCUT2D eigenvalue weighted by Crippen LogP contribution is -2.46. The summed E-state index contributed by atoms with van der Waals surface area (Å²) in [6.45, 7) is 12.1. The molecule has 2 aromatic rings. The Balaban J connectivity index is 1.54. The quantitative estimate of drug-likeness (QED) is 0.189. The molecule has 0 spiro atoms. The minimum absolute atomic E-state index is 0.108. The number of piperazine rings is 1. The molecule has 1 saturated heterocycles. The number of ether oxygens (including phenoxy) is 1. The van der Waals surface area contributed by atoms with Crippen LogP contribution in [0.4, 0.5) is 11.4 Å². The molecule has 1 amide bonds. The molecule has 0 bridgehead atoms. The Morgan fingerprint density at radius 3 is 2.05 bits per heavy atom. The molecule has 0 aromatic heterocycles. The number of nitrogens with zero attached hydrogens (tertiary/aromatic N) is 3. The van der Waals surface area contributed by atoms with E-state index in [-0.39, 0.29) is 5.91 Å². The molecule has 0 saturated carbocycles. The average molecular weight is 549 g/mol. The Hall–Kier alpha value is -3.51. The number of hydrogen-bond donors (Lipinski definition) is 1. The molecule has 1 aliphatic rings. The van der Waals surface area contributed by atoms with Crippen LogP contribution in [0.15, 0.2) is 88.1 Å². The predicted molar refractivity (Wildman–Crippen MR) is 165 cm³/mol. The van der Waals surface area contributed by atoms with Crippen molar-refractivity contribution in [3.8, 4) is 5.75 Å². The third-order valence-electron chi connectivity index (χ3n) is 6.75. The zero-order valence-electron chi connectivity index (χ0n) is 23.8. The number of carbonyl (C=O) groups is 1. The van der Waals surface area contributed by atoms with Gasteiger partial charge in [0.25, 0.3) is 0 Å². The Labute approximate surface area is 238 Å². The van der Waals surface area contributed by atoms with Gasteiger partial charge in [-0.05, 0) is 80.8 Å². The van der Waals surface area contributed by atoms with Crippen molar-refractivity contribution in [2.45, 2.75) is 47.1 Å². The number of amides is 1. The van der Waals surface area contributed by atoms with Gasteiger partial charge in [-0.2, -0.15) is 0 Å². The molecular formula is C32H41ClN4O2. The summed E-state index contributed by atoms with van der Waals surface area (Å²) >= 11 is 6.23. The fourth-order valence-electron chi connectivity index (χ4n) is 4.44. The van der Waals surface area contributed by atoms with E-state index in [4.69, 9.17) is 16.3 Å². The summed E-state index contributed by atoms with van der Waals surface area (Å²) in [5.41, 5.74) is 5.64. The van der Waals surface area contributed by atoms with Gasteiger partial charge in [-0.15, -0.1) is 0 Å². The first-order valence-electron chi connectivity index (χ1n) is 13.6. The largest absolute Gasteiger partial charge is 0.497 e. The van der Waals surface area contributed by atoms with Crippen LogP contribution in [0, 0.1) is 0 Å². The third-order valence-corrected chi connectivity index (χ3v) is 6.99. The van der Waals surface area contributed by atoms with Gasteiger partial charge in [-0.25, -0.2) is 0 Å². The average Bonchev–Trinajstić information content (AvgIpc) is 2.97. The molecule has 1 aliphatic heterocycles. The molecule has 0 aliphatic carbocycles. The van der Waals surface area contributed by atoms with E-state index in [1.54, 1.807) is 7.11 Å². The molecule has 2 aromatic carbocycles. The number of aliphatic imine (C=N–C) groups is 1. The van der Waals surface area contributed by atoms with Crippen LogP contribution in [-0.2, 0) is 11.3 Å². The summed E-state index contributed by atoms with van der Waals surface area (Å²) in [7, 11) is 1.69. The number of methoxy groups -OCH3 is 1. The molecular weight excluding hydrogens is 508 g/mol. The van der Waals surface area contributed by atoms with Crippen LogP contribution in [0.3, 0.4) is 0 Å². The number of hydrogen-bond acceptors (Lipinski definition) is 5. The lowest BCUT2D eigenvalue weighted by molar-refractivity contribution is -0.117. The van der Waals surface area contributed by atoms with Gasteiger partial charge < -0.3 is 19.9 Å². The molecule has 39 heavy (non-hydrogen) atoms. The first-order chi connectivity index (χ1) is 18.8. The number of benzene rings is 2. The summed E-state index contributed by atoms with van der Waals surface area (Å²) in [5, 5.41) is 3.66. The lowest BCUT2D eigenvalue weighted by atomic mass is 10.1. The summed E-state index contributed by atoms with van der Waals surface area (Å²) < 4.78 is 5.27. The molecule has 0 atom stereocenters. The Bertz CT molecular complexity index is 1210. The minimum Gasteiger partial charge on any atom is -0.497 e. The molecule has 1 N–H and O–H groups in total. The summed E-state index contributed by atoms with van der Waals surface area (Å²) in [4.78, 5) is 22.3. The second kappa shape index (κ2) is 15.2. The fourth-order valence-corrected chi connectivity index (χ4v) is 4.68. The SMILES string of the molecule is CC\C=C/C(Cl)=C\C(C)=N\C(CC)=C(/C)C(=O)NCc1ccc(N2CCN(c3ccc(OC)cc3)CC2)cc1. The molecule has 208 valence electrons. The smallest absolute Gasteiger partial charge is 0.249 e. The van der Waals surface area contributed by atoms with Gasteiger partial charge in [0, 0.05) is 66.1 Å². The van der Waals surface area contributed by atoms with Crippen molar-refractivity contribution in [1.82, 2.24) is 5.32 Å². The lowest BCUT2D eigenvalue weighted by Gasteiger charge is -2.37. The van der Waals surface area contributed by atoms with E-state index in [0.29, 0.717) is 23.6 Å². The van der Waals surface area contributed by atoms with Gasteiger partial charge >= 0.3 is 0 Å². The van der Waals surface area contributed by atoms with Crippen molar-refractivity contribution in [3.63, 3.8) is 0 Å². The second-order valence-corrected chi connectivity index (χ2v) is 9.98. The molecule has 7 heteroatoms. The van der Waals surface area contributed by atoms with Gasteiger partial charge in [0.15, 0.2) is 0 Å². The van der Waals surface area contributed by atoms with Crippen LogP contribution in [0.2, 0.25) is 0 Å². The van der Waals surface area contributed by atoms with Gasteiger partial charge in [0.2, 0.25) is 5.91 Å². The van der Waals surface area contributed by atoms with Crippen molar-refractivity contribution in [1.29, 1.82) is 0 Å². The summed E-state index contributed by atoms with van der Waals surface area (Å²) in [5.74, 6) is 0.770. The molecule has 6 nitrogen and oxygen atoms in total. The van der Waals surface area contributed by atoms with E-state index in [0.717, 1.165) is 55.3 Å². The maximum atomic E-state index is 12.8. The van der Waals surface area contributed by atoms with Crippen LogP contribution in [0.5, 0.6) is 5.75 Å². The predicted octanol–water partition coefficient (Wildman–Crippen LogP) is 6.87. The number of halogens is 1. The topological polar surface area (TPSA) is 57.2 Å². The second-order valence-electron chi connectivity index (χ2n) is 9.54. The van der Waals surface area contributed by atoms with Crippen LogP contribution in [0.25, 0.3) is 0 Å². The fraction of sp³-hybridized carbons (Fsp3) is 0.375. The zero-order chi connectivity index (χ0) is 28.2. The van der Waals surface area contributed by atoms with Crippen LogP contribution < -0.4 is 19.9 Å². The first kappa shape index (κ1) is 30.0. The van der Waals surface area contributed by atoms with Crippen LogP contribution in [0.1, 0.15) is 46.1 Å². The normalized spacial score (nSPS) is 15.4. The Morgan fingerprint density at radius 2 is 1.54 bits per heavy atom. The van der Waals surface area contributed by atoms with E-state index in [2.05, 4.69) is 63.4 Å². The summed E-state index contributed by atoms with van der Waals surface area (Å²) in [6, 6.07) is 16.7. The first-order valence-corrected chi connectivity index (χ1v) is 14.0. The van der Waals surface area contributed by atoms with Gasteiger partial charge in [0.05, 0.1) is 7.11 Å². The van der Waals surface area contributed by atoms with Crippen molar-refractivity contribution in [3.05, 3.63) is 88.6 Å². The molecule has 3 rings (SSSR count). The van der Waals surface area contributed by atoms with Gasteiger partial charge in [-0.3, -0.25) is 9.79 Å². The minimum atomic E-state index is -0.108. The number of rotatable bonds is 11. The van der Waals surface area contributed by atoms with Crippen molar-refractivity contribution < 1.29 is 9.53 Å². The molecule has 1 heterocycles.